The second kappa shape index (κ2) is 3.93. The average Bonchev–Trinajstić information content (AvgIpc) is 2.32. The molecular weight excluding hydrogens is 204 g/mol. The molecule has 0 saturated carbocycles. The molecule has 0 radical (unpaired) electrons. The van der Waals surface area contributed by atoms with Crippen molar-refractivity contribution in [2.24, 2.45) is 0 Å². The summed E-state index contributed by atoms with van der Waals surface area (Å²) < 4.78 is 10.5. The van der Waals surface area contributed by atoms with Gasteiger partial charge >= 0.3 is 0 Å². The van der Waals surface area contributed by atoms with Crippen LogP contribution in [0.5, 0.6) is 17.2 Å². The standard InChI is InChI=1S/C13H14O3/c1-8-10-7-13(16-3)12(15-2)6-9(10)4-5-11(8)14/h4-7,14H,1-3H3. The number of aryl methyl sites for hydroxylation is 1. The van der Waals surface area contributed by atoms with Gasteiger partial charge in [-0.05, 0) is 41.5 Å². The molecule has 0 fully saturated rings. The van der Waals surface area contributed by atoms with Gasteiger partial charge in [0.05, 0.1) is 14.2 Å². The Bertz CT molecular complexity index is 532. The molecule has 16 heavy (non-hydrogen) atoms. The molecule has 2 aromatic carbocycles. The van der Waals surface area contributed by atoms with E-state index in [4.69, 9.17) is 9.47 Å². The maximum absolute atomic E-state index is 9.64. The van der Waals surface area contributed by atoms with E-state index >= 15 is 0 Å². The van der Waals surface area contributed by atoms with Gasteiger partial charge in [0.1, 0.15) is 5.75 Å². The van der Waals surface area contributed by atoms with Crippen molar-refractivity contribution in [3.8, 4) is 17.2 Å². The molecule has 84 valence electrons. The maximum Gasteiger partial charge on any atom is 0.161 e. The molecule has 0 spiro atoms. The Morgan fingerprint density at radius 3 is 2.25 bits per heavy atom. The van der Waals surface area contributed by atoms with Gasteiger partial charge in [-0.1, -0.05) is 6.07 Å². The third-order valence-corrected chi connectivity index (χ3v) is 2.76. The number of rotatable bonds is 2. The number of phenols is 1. The normalized spacial score (nSPS) is 10.4. The molecule has 0 unspecified atom stereocenters. The second-order valence-corrected chi connectivity index (χ2v) is 3.64. The van der Waals surface area contributed by atoms with E-state index in [1.165, 1.54) is 0 Å². The molecule has 1 N–H and O–H groups in total. The smallest absolute Gasteiger partial charge is 0.161 e. The predicted molar refractivity (Wildman–Crippen MR) is 63.5 cm³/mol. The summed E-state index contributed by atoms with van der Waals surface area (Å²) in [6.07, 6.45) is 0. The molecule has 0 aromatic heterocycles. The SMILES string of the molecule is COc1cc2ccc(O)c(C)c2cc1OC. The Kier molecular flexibility index (Phi) is 2.60. The van der Waals surface area contributed by atoms with Crippen LogP contribution in [0.15, 0.2) is 24.3 Å². The number of hydrogen-bond donors (Lipinski definition) is 1. The van der Waals surface area contributed by atoms with Crippen LogP contribution in [-0.4, -0.2) is 19.3 Å². The monoisotopic (exact) mass is 218 g/mol. The highest BCUT2D eigenvalue weighted by molar-refractivity contribution is 5.90. The van der Waals surface area contributed by atoms with Gasteiger partial charge in [-0.3, -0.25) is 0 Å². The van der Waals surface area contributed by atoms with E-state index in [0.29, 0.717) is 17.2 Å². The summed E-state index contributed by atoms with van der Waals surface area (Å²) in [6, 6.07) is 7.33. The molecule has 3 heteroatoms. The third-order valence-electron chi connectivity index (χ3n) is 2.76. The summed E-state index contributed by atoms with van der Waals surface area (Å²) in [5.74, 6) is 1.66. The van der Waals surface area contributed by atoms with Crippen molar-refractivity contribution in [1.82, 2.24) is 0 Å². The number of hydrogen-bond acceptors (Lipinski definition) is 3. The third kappa shape index (κ3) is 1.54. The zero-order valence-corrected chi connectivity index (χ0v) is 9.57. The number of ether oxygens (including phenoxy) is 2. The van der Waals surface area contributed by atoms with Crippen LogP contribution in [0.4, 0.5) is 0 Å². The quantitative estimate of drug-likeness (QED) is 0.842. The van der Waals surface area contributed by atoms with Crippen molar-refractivity contribution < 1.29 is 14.6 Å². The lowest BCUT2D eigenvalue weighted by Crippen LogP contribution is -1.91. The minimum atomic E-state index is 0.291. The molecule has 3 nitrogen and oxygen atoms in total. The molecule has 0 heterocycles. The Morgan fingerprint density at radius 2 is 1.62 bits per heavy atom. The van der Waals surface area contributed by atoms with Crippen LogP contribution in [0.25, 0.3) is 10.8 Å². The Labute approximate surface area is 94.2 Å². The molecule has 0 atom stereocenters. The van der Waals surface area contributed by atoms with Crippen molar-refractivity contribution in [2.75, 3.05) is 14.2 Å². The highest BCUT2D eigenvalue weighted by Crippen LogP contribution is 2.35. The fraction of sp³-hybridized carbons (Fsp3) is 0.231. The van der Waals surface area contributed by atoms with Gasteiger partial charge in [0, 0.05) is 0 Å². The van der Waals surface area contributed by atoms with E-state index in [1.54, 1.807) is 20.3 Å². The van der Waals surface area contributed by atoms with Crippen LogP contribution < -0.4 is 9.47 Å². The molecular formula is C13H14O3. The molecule has 0 amide bonds. The molecule has 0 aliphatic carbocycles. The number of aromatic hydroxyl groups is 1. The zero-order chi connectivity index (χ0) is 11.7. The van der Waals surface area contributed by atoms with E-state index in [2.05, 4.69) is 0 Å². The van der Waals surface area contributed by atoms with Gasteiger partial charge in [-0.2, -0.15) is 0 Å². The van der Waals surface area contributed by atoms with Gasteiger partial charge in [-0.15, -0.1) is 0 Å². The van der Waals surface area contributed by atoms with Crippen molar-refractivity contribution in [3.05, 3.63) is 29.8 Å². The first-order valence-corrected chi connectivity index (χ1v) is 5.01. The van der Waals surface area contributed by atoms with Crippen LogP contribution in [0, 0.1) is 6.92 Å². The summed E-state index contributed by atoms with van der Waals surface area (Å²) >= 11 is 0. The van der Waals surface area contributed by atoms with Gasteiger partial charge < -0.3 is 14.6 Å². The minimum Gasteiger partial charge on any atom is -0.508 e. The van der Waals surface area contributed by atoms with Crippen LogP contribution in [0.1, 0.15) is 5.56 Å². The van der Waals surface area contributed by atoms with Crippen molar-refractivity contribution >= 4 is 10.8 Å². The van der Waals surface area contributed by atoms with Crippen LogP contribution in [0.3, 0.4) is 0 Å². The number of phenolic OH excluding ortho intramolecular Hbond substituents is 1. The summed E-state index contributed by atoms with van der Waals surface area (Å²) in [6.45, 7) is 1.88. The number of fused-ring (bicyclic) bond motifs is 1. The lowest BCUT2D eigenvalue weighted by Gasteiger charge is -2.11. The highest BCUT2D eigenvalue weighted by atomic mass is 16.5. The lowest BCUT2D eigenvalue weighted by atomic mass is 10.0. The van der Waals surface area contributed by atoms with Gasteiger partial charge in [0.15, 0.2) is 11.5 Å². The molecule has 0 aliphatic rings. The van der Waals surface area contributed by atoms with Crippen molar-refractivity contribution in [1.29, 1.82) is 0 Å². The van der Waals surface area contributed by atoms with Crippen LogP contribution in [-0.2, 0) is 0 Å². The fourth-order valence-electron chi connectivity index (χ4n) is 1.79. The highest BCUT2D eigenvalue weighted by Gasteiger charge is 2.09. The first-order chi connectivity index (χ1) is 7.67. The molecule has 2 aromatic rings. The van der Waals surface area contributed by atoms with E-state index in [-0.39, 0.29) is 0 Å². The molecule has 0 saturated heterocycles. The van der Waals surface area contributed by atoms with E-state index in [0.717, 1.165) is 16.3 Å². The largest absolute Gasteiger partial charge is 0.508 e. The summed E-state index contributed by atoms with van der Waals surface area (Å²) in [7, 11) is 3.21. The van der Waals surface area contributed by atoms with Crippen LogP contribution >= 0.6 is 0 Å². The first kappa shape index (κ1) is 10.6. The molecule has 0 aliphatic heterocycles. The first-order valence-electron chi connectivity index (χ1n) is 5.01. The topological polar surface area (TPSA) is 38.7 Å². The summed E-state index contributed by atoms with van der Waals surface area (Å²) in [5.41, 5.74) is 0.846. The average molecular weight is 218 g/mol. The van der Waals surface area contributed by atoms with Gasteiger partial charge in [0.25, 0.3) is 0 Å². The van der Waals surface area contributed by atoms with Crippen molar-refractivity contribution in [2.45, 2.75) is 6.92 Å². The lowest BCUT2D eigenvalue weighted by molar-refractivity contribution is 0.356. The second-order valence-electron chi connectivity index (χ2n) is 3.64. The fourth-order valence-corrected chi connectivity index (χ4v) is 1.79. The number of methoxy groups -OCH3 is 2. The van der Waals surface area contributed by atoms with E-state index < -0.39 is 0 Å². The molecule has 0 bridgehead atoms. The molecule has 2 rings (SSSR count). The number of benzene rings is 2. The van der Waals surface area contributed by atoms with Crippen molar-refractivity contribution in [3.63, 3.8) is 0 Å². The van der Waals surface area contributed by atoms with E-state index in [1.807, 2.05) is 25.1 Å². The Hall–Kier alpha value is -1.90. The Balaban J connectivity index is 2.78. The Morgan fingerprint density at radius 1 is 1.00 bits per heavy atom. The predicted octanol–water partition coefficient (Wildman–Crippen LogP) is 2.87. The maximum atomic E-state index is 9.64. The summed E-state index contributed by atoms with van der Waals surface area (Å²) in [4.78, 5) is 0. The van der Waals surface area contributed by atoms with Gasteiger partial charge in [0.2, 0.25) is 0 Å². The zero-order valence-electron chi connectivity index (χ0n) is 9.57. The minimum absolute atomic E-state index is 0.291. The van der Waals surface area contributed by atoms with Gasteiger partial charge in [-0.25, -0.2) is 0 Å². The van der Waals surface area contributed by atoms with Crippen LogP contribution in [0.2, 0.25) is 0 Å². The van der Waals surface area contributed by atoms with E-state index in [9.17, 15) is 5.11 Å². The summed E-state index contributed by atoms with van der Waals surface area (Å²) in [5, 5.41) is 11.6.